The van der Waals surface area contributed by atoms with Crippen LogP contribution in [0.2, 0.25) is 0 Å². The van der Waals surface area contributed by atoms with Crippen molar-refractivity contribution in [3.05, 3.63) is 24.3 Å². The summed E-state index contributed by atoms with van der Waals surface area (Å²) in [5, 5.41) is 10.8. The van der Waals surface area contributed by atoms with Crippen molar-refractivity contribution in [1.82, 2.24) is 16.0 Å². The van der Waals surface area contributed by atoms with Crippen LogP contribution in [-0.2, 0) is 9.47 Å². The minimum Gasteiger partial charge on any atom is -0.369 e. The Morgan fingerprint density at radius 2 is 0.767 bits per heavy atom. The van der Waals surface area contributed by atoms with Gasteiger partial charge in [-0.05, 0) is 136 Å². The molecular weight excluding hydrogens is 739 g/mol. The third-order valence-corrected chi connectivity index (χ3v) is 12.2. The Morgan fingerprint density at radius 1 is 0.417 bits per heavy atom. The summed E-state index contributed by atoms with van der Waals surface area (Å²) in [4.78, 5) is 0. The van der Waals surface area contributed by atoms with E-state index in [4.69, 9.17) is 15.2 Å². The van der Waals surface area contributed by atoms with E-state index in [1.165, 1.54) is 180 Å². The van der Waals surface area contributed by atoms with Gasteiger partial charge in [0.25, 0.3) is 0 Å². The van der Waals surface area contributed by atoms with Gasteiger partial charge in [-0.3, -0.25) is 0 Å². The SMILES string of the molecule is CCCCCCCC/C=C/CCCCCCCCOC(C)C(OCCCCCCCC/C=C/CCCCCCCC)[N+](C)(C)CCNCCCNCCCCNCCCN. The molecule has 0 bridgehead atoms. The molecule has 0 aliphatic rings. The van der Waals surface area contributed by atoms with Gasteiger partial charge in [0.2, 0.25) is 6.23 Å². The molecule has 358 valence electrons. The summed E-state index contributed by atoms with van der Waals surface area (Å²) < 4.78 is 14.1. The Bertz CT molecular complexity index is 868. The number of ether oxygens (including phenoxy) is 2. The lowest BCUT2D eigenvalue weighted by Crippen LogP contribution is -2.58. The fourth-order valence-electron chi connectivity index (χ4n) is 8.10. The second kappa shape index (κ2) is 49.2. The molecule has 2 atom stereocenters. The first-order valence-electron chi connectivity index (χ1n) is 26.7. The number of likely N-dealkylation sites (N-methyl/N-ethyl adjacent to an activating group) is 1. The van der Waals surface area contributed by atoms with Crippen molar-refractivity contribution in [1.29, 1.82) is 0 Å². The van der Waals surface area contributed by atoms with Gasteiger partial charge < -0.3 is 35.6 Å². The van der Waals surface area contributed by atoms with Crippen molar-refractivity contribution in [3.8, 4) is 0 Å². The van der Waals surface area contributed by atoms with Crippen LogP contribution in [0.4, 0.5) is 0 Å². The van der Waals surface area contributed by atoms with Gasteiger partial charge in [0.05, 0.1) is 27.2 Å². The number of nitrogens with two attached hydrogens (primary N) is 1. The van der Waals surface area contributed by atoms with Crippen molar-refractivity contribution in [2.45, 2.75) is 239 Å². The molecule has 0 radical (unpaired) electrons. The molecular formula is C53H110N5O2+. The number of allylic oxidation sites excluding steroid dienone is 4. The maximum atomic E-state index is 6.73. The molecule has 60 heavy (non-hydrogen) atoms. The van der Waals surface area contributed by atoms with E-state index >= 15 is 0 Å². The average molecular weight is 849 g/mol. The first-order valence-corrected chi connectivity index (χ1v) is 26.7. The highest BCUT2D eigenvalue weighted by Gasteiger charge is 2.34. The Labute approximate surface area is 377 Å². The first-order chi connectivity index (χ1) is 29.5. The first kappa shape index (κ1) is 59.2. The number of quaternary nitrogens is 1. The molecule has 7 nitrogen and oxygen atoms in total. The van der Waals surface area contributed by atoms with Crippen molar-refractivity contribution in [3.63, 3.8) is 0 Å². The largest absolute Gasteiger partial charge is 0.369 e. The maximum absolute atomic E-state index is 6.73. The molecule has 0 spiro atoms. The molecule has 0 aromatic carbocycles. The molecule has 0 fully saturated rings. The topological polar surface area (TPSA) is 80.6 Å². The molecule has 7 heteroatoms. The van der Waals surface area contributed by atoms with E-state index < -0.39 is 0 Å². The lowest BCUT2D eigenvalue weighted by atomic mass is 10.1. The molecule has 0 aromatic heterocycles. The maximum Gasteiger partial charge on any atom is 0.219 e. The summed E-state index contributed by atoms with van der Waals surface area (Å²) in [6.07, 6.45) is 51.9. The summed E-state index contributed by atoms with van der Waals surface area (Å²) >= 11 is 0. The van der Waals surface area contributed by atoms with Crippen molar-refractivity contribution in [2.24, 2.45) is 5.73 Å². The Hall–Kier alpha value is -0.800. The number of nitrogens with zero attached hydrogens (tertiary/aromatic N) is 1. The van der Waals surface area contributed by atoms with Crippen LogP contribution in [0.1, 0.15) is 226 Å². The molecule has 0 aliphatic carbocycles. The minimum atomic E-state index is 0.0514. The van der Waals surface area contributed by atoms with Gasteiger partial charge in [0.15, 0.2) is 0 Å². The summed E-state index contributed by atoms with van der Waals surface area (Å²) in [5.41, 5.74) is 5.57. The fraction of sp³-hybridized carbons (Fsp3) is 0.925. The summed E-state index contributed by atoms with van der Waals surface area (Å²) in [7, 11) is 4.68. The average Bonchev–Trinajstić information content (AvgIpc) is 3.24. The van der Waals surface area contributed by atoms with Gasteiger partial charge >= 0.3 is 0 Å². The second-order valence-corrected chi connectivity index (χ2v) is 18.7. The molecule has 0 aliphatic heterocycles. The number of hydrogen-bond donors (Lipinski definition) is 4. The van der Waals surface area contributed by atoms with Crippen LogP contribution < -0.4 is 21.7 Å². The van der Waals surface area contributed by atoms with E-state index in [-0.39, 0.29) is 12.3 Å². The molecule has 0 saturated carbocycles. The van der Waals surface area contributed by atoms with Crippen molar-refractivity contribution in [2.75, 3.05) is 79.7 Å². The number of nitrogens with one attached hydrogen (secondary N) is 3. The number of unbranched alkanes of at least 4 members (excludes halogenated alkanes) is 25. The molecule has 5 N–H and O–H groups in total. The van der Waals surface area contributed by atoms with Gasteiger partial charge in [-0.2, -0.15) is 0 Å². The van der Waals surface area contributed by atoms with Crippen LogP contribution in [0.15, 0.2) is 24.3 Å². The van der Waals surface area contributed by atoms with Crippen molar-refractivity contribution >= 4 is 0 Å². The van der Waals surface area contributed by atoms with Gasteiger partial charge in [-0.15, -0.1) is 0 Å². The smallest absolute Gasteiger partial charge is 0.219 e. The molecule has 0 rings (SSSR count). The third-order valence-electron chi connectivity index (χ3n) is 12.2. The van der Waals surface area contributed by atoms with Crippen LogP contribution in [0.5, 0.6) is 0 Å². The van der Waals surface area contributed by atoms with Gasteiger partial charge in [0, 0.05) is 13.2 Å². The lowest BCUT2D eigenvalue weighted by molar-refractivity contribution is -0.940. The van der Waals surface area contributed by atoms with E-state index in [0.29, 0.717) is 0 Å². The zero-order valence-corrected chi connectivity index (χ0v) is 41.5. The van der Waals surface area contributed by atoms with Crippen LogP contribution in [-0.4, -0.2) is 96.5 Å². The number of hydrogen-bond acceptors (Lipinski definition) is 6. The van der Waals surface area contributed by atoms with Crippen LogP contribution >= 0.6 is 0 Å². The zero-order valence-electron chi connectivity index (χ0n) is 41.5. The predicted octanol–water partition coefficient (Wildman–Crippen LogP) is 13.2. The highest BCUT2D eigenvalue weighted by molar-refractivity contribution is 4.82. The minimum absolute atomic E-state index is 0.0514. The second-order valence-electron chi connectivity index (χ2n) is 18.7. The highest BCUT2D eigenvalue weighted by atomic mass is 16.6. The summed E-state index contributed by atoms with van der Waals surface area (Å²) in [6.45, 7) is 16.7. The predicted molar refractivity (Wildman–Crippen MR) is 267 cm³/mol. The van der Waals surface area contributed by atoms with Crippen LogP contribution in [0.25, 0.3) is 0 Å². The highest BCUT2D eigenvalue weighted by Crippen LogP contribution is 2.18. The molecule has 0 aromatic rings. The van der Waals surface area contributed by atoms with E-state index in [1.807, 2.05) is 0 Å². The van der Waals surface area contributed by atoms with E-state index in [0.717, 1.165) is 95.7 Å². The quantitative estimate of drug-likeness (QED) is 0.0211. The van der Waals surface area contributed by atoms with Gasteiger partial charge in [-0.25, -0.2) is 0 Å². The normalized spacial score (nSPS) is 13.4. The molecule has 0 heterocycles. The van der Waals surface area contributed by atoms with E-state index in [2.05, 4.69) is 75.1 Å². The van der Waals surface area contributed by atoms with Gasteiger partial charge in [0.1, 0.15) is 6.10 Å². The molecule has 0 amide bonds. The fourth-order valence-corrected chi connectivity index (χ4v) is 8.10. The Morgan fingerprint density at radius 3 is 1.20 bits per heavy atom. The van der Waals surface area contributed by atoms with Crippen molar-refractivity contribution < 1.29 is 14.0 Å². The summed E-state index contributed by atoms with van der Waals surface area (Å²) in [6, 6.07) is 0. The lowest BCUT2D eigenvalue weighted by Gasteiger charge is -2.40. The van der Waals surface area contributed by atoms with Crippen LogP contribution in [0.3, 0.4) is 0 Å². The summed E-state index contributed by atoms with van der Waals surface area (Å²) in [5.74, 6) is 0. The van der Waals surface area contributed by atoms with E-state index in [1.54, 1.807) is 0 Å². The van der Waals surface area contributed by atoms with Gasteiger partial charge in [-0.1, -0.05) is 154 Å². The Balaban J connectivity index is 4.38. The Kier molecular flexibility index (Phi) is 48.6. The van der Waals surface area contributed by atoms with E-state index in [9.17, 15) is 0 Å². The number of rotatable bonds is 51. The molecule has 0 saturated heterocycles. The third kappa shape index (κ3) is 43.8. The molecule has 2 unspecified atom stereocenters. The van der Waals surface area contributed by atoms with Crippen LogP contribution in [0, 0.1) is 0 Å². The zero-order chi connectivity index (χ0) is 43.7. The standard InChI is InChI=1S/C53H110N5O2/c1-6-8-10-12-14-16-18-20-22-24-26-28-30-32-34-38-50-59-52(3)53(58(4,5)49-48-57-47-41-46-56-44-37-36-43-55-45-40-42-54)60-51-39-35-33-31-29-27-25-23-21-19-17-15-13-11-9-7-2/h20-23,52-53,55-57H,6-19,24-51,54H2,1-5H3/q+1/b22-20+,23-21+. The monoisotopic (exact) mass is 849 g/mol.